The van der Waals surface area contributed by atoms with Crippen LogP contribution in [0.5, 0.6) is 11.5 Å². The first kappa shape index (κ1) is 54.3. The second-order valence-corrected chi connectivity index (χ2v) is 24.7. The molecule has 408 valence electrons. The highest BCUT2D eigenvalue weighted by atomic mass is 35.5. The molecule has 1 aliphatic carbocycles. The van der Waals surface area contributed by atoms with Crippen molar-refractivity contribution in [2.75, 3.05) is 63.6 Å². The van der Waals surface area contributed by atoms with Gasteiger partial charge in [0.1, 0.15) is 29.2 Å². The third-order valence-corrected chi connectivity index (χ3v) is 19.0. The highest BCUT2D eigenvalue weighted by molar-refractivity contribution is 7.92. The zero-order valence-electron chi connectivity index (χ0n) is 44.7. The molecule has 0 radical (unpaired) electrons. The number of fused-ring (bicyclic) bond motifs is 1. The Hall–Kier alpha value is -6.11. The first-order chi connectivity index (χ1) is 37.2. The molecule has 3 amide bonds. The number of carbonyl (C=O) groups is 3. The van der Waals surface area contributed by atoms with Gasteiger partial charge in [-0.2, -0.15) is 4.98 Å². The minimum Gasteiger partial charge on any atom is -0.495 e. The predicted octanol–water partition coefficient (Wildman–Crippen LogP) is 9.40. The number of benzene rings is 4. The van der Waals surface area contributed by atoms with E-state index in [4.69, 9.17) is 21.1 Å². The van der Waals surface area contributed by atoms with Crippen molar-refractivity contribution >= 4 is 62.3 Å². The minimum absolute atomic E-state index is 0.182. The summed E-state index contributed by atoms with van der Waals surface area (Å²) in [6.45, 7) is 14.8. The summed E-state index contributed by atoms with van der Waals surface area (Å²) in [5, 5.41) is 8.50. The van der Waals surface area contributed by atoms with E-state index in [0.29, 0.717) is 53.7 Å². The number of piperazine rings is 1. The van der Waals surface area contributed by atoms with Crippen molar-refractivity contribution in [3.05, 3.63) is 123 Å². The number of sulfone groups is 1. The molecule has 77 heavy (non-hydrogen) atoms. The number of methoxy groups -OCH3 is 1. The van der Waals surface area contributed by atoms with Crippen LogP contribution in [0.1, 0.15) is 116 Å². The molecule has 5 aliphatic rings. The maximum Gasteiger partial charge on any atom is 0.255 e. The number of amides is 3. The van der Waals surface area contributed by atoms with Gasteiger partial charge < -0.3 is 34.8 Å². The highest BCUT2D eigenvalue weighted by Crippen LogP contribution is 2.40. The SMILES string of the molecule is COc1cc(C2CCN(C3CCCC(CN4CCN(Cc5ccc(COc6cccc7c6CN([C@@H]6CCC(=O)NC6=O)C7=O)cc5)CC4)CC3)CC2)c(C)cc1Nc1ncc(Cl)c(Nc2ccccc2S(=O)(=O)C(C)C)n1. The molecule has 4 aromatic carbocycles. The van der Waals surface area contributed by atoms with Crippen LogP contribution in [0, 0.1) is 12.8 Å². The molecule has 3 atom stereocenters. The number of nitrogens with zero attached hydrogens (tertiary/aromatic N) is 6. The summed E-state index contributed by atoms with van der Waals surface area (Å²) in [7, 11) is -1.88. The lowest BCUT2D eigenvalue weighted by molar-refractivity contribution is -0.136. The summed E-state index contributed by atoms with van der Waals surface area (Å²) in [6.07, 6.45) is 10.7. The second kappa shape index (κ2) is 23.9. The number of piperidine rings is 2. The van der Waals surface area contributed by atoms with Crippen LogP contribution in [0.25, 0.3) is 0 Å². The number of aromatic nitrogens is 2. The Morgan fingerprint density at radius 2 is 1.56 bits per heavy atom. The molecule has 3 saturated heterocycles. The van der Waals surface area contributed by atoms with Gasteiger partial charge in [-0.1, -0.05) is 60.5 Å². The van der Waals surface area contributed by atoms with Crippen molar-refractivity contribution in [1.82, 2.24) is 34.9 Å². The molecule has 0 spiro atoms. The molecule has 0 bridgehead atoms. The molecule has 1 saturated carbocycles. The van der Waals surface area contributed by atoms with Crippen LogP contribution in [-0.4, -0.2) is 126 Å². The van der Waals surface area contributed by atoms with E-state index in [-0.39, 0.29) is 40.5 Å². The summed E-state index contributed by atoms with van der Waals surface area (Å²) in [5.41, 5.74) is 7.28. The largest absolute Gasteiger partial charge is 0.495 e. The maximum atomic E-state index is 13.3. The van der Waals surface area contributed by atoms with E-state index in [1.807, 2.05) is 12.1 Å². The number of hydrogen-bond acceptors (Lipinski definition) is 14. The molecular formula is C59H72ClN9O7S. The summed E-state index contributed by atoms with van der Waals surface area (Å²) in [6, 6.07) is 25.1. The summed E-state index contributed by atoms with van der Waals surface area (Å²) in [5.74, 6) is 2.20. The molecule has 4 aliphatic heterocycles. The predicted molar refractivity (Wildman–Crippen MR) is 299 cm³/mol. The maximum absolute atomic E-state index is 13.3. The number of anilines is 4. The van der Waals surface area contributed by atoms with E-state index in [9.17, 15) is 22.8 Å². The van der Waals surface area contributed by atoms with E-state index >= 15 is 0 Å². The number of halogens is 1. The summed E-state index contributed by atoms with van der Waals surface area (Å²) < 4.78 is 38.4. The molecule has 18 heteroatoms. The Labute approximate surface area is 458 Å². The minimum atomic E-state index is -3.56. The van der Waals surface area contributed by atoms with Gasteiger partial charge in [0, 0.05) is 62.9 Å². The van der Waals surface area contributed by atoms with Crippen LogP contribution in [0.15, 0.2) is 90.0 Å². The van der Waals surface area contributed by atoms with Crippen molar-refractivity contribution in [3.8, 4) is 11.5 Å². The number of likely N-dealkylation sites (tertiary alicyclic amines) is 1. The van der Waals surface area contributed by atoms with Crippen molar-refractivity contribution in [3.63, 3.8) is 0 Å². The Morgan fingerprint density at radius 3 is 2.31 bits per heavy atom. The van der Waals surface area contributed by atoms with E-state index in [1.165, 1.54) is 61.5 Å². The number of ether oxygens (including phenoxy) is 2. The Bertz CT molecular complexity index is 3070. The van der Waals surface area contributed by atoms with Gasteiger partial charge in [-0.05, 0) is 149 Å². The third kappa shape index (κ3) is 12.4. The lowest BCUT2D eigenvalue weighted by Crippen LogP contribution is -2.52. The van der Waals surface area contributed by atoms with Gasteiger partial charge in [-0.3, -0.25) is 24.6 Å². The Kier molecular flexibility index (Phi) is 16.8. The monoisotopic (exact) mass is 1090 g/mol. The highest BCUT2D eigenvalue weighted by Gasteiger charge is 2.40. The van der Waals surface area contributed by atoms with Crippen molar-refractivity contribution in [2.24, 2.45) is 5.92 Å². The van der Waals surface area contributed by atoms with Gasteiger partial charge in [-0.15, -0.1) is 0 Å². The number of para-hydroxylation sites is 1. The van der Waals surface area contributed by atoms with Crippen LogP contribution < -0.4 is 25.4 Å². The van der Waals surface area contributed by atoms with E-state index in [1.54, 1.807) is 56.2 Å². The average Bonchev–Trinajstić information content (AvgIpc) is 3.59. The fourth-order valence-corrected chi connectivity index (χ4v) is 13.4. The number of hydrogen-bond donors (Lipinski definition) is 3. The smallest absolute Gasteiger partial charge is 0.255 e. The number of imide groups is 1. The zero-order chi connectivity index (χ0) is 53.8. The quantitative estimate of drug-likeness (QED) is 0.0592. The van der Waals surface area contributed by atoms with Crippen LogP contribution in [-0.2, 0) is 39.1 Å². The van der Waals surface area contributed by atoms with E-state index in [0.717, 1.165) is 81.4 Å². The van der Waals surface area contributed by atoms with Crippen LogP contribution in [0.4, 0.5) is 23.1 Å². The van der Waals surface area contributed by atoms with Gasteiger partial charge in [0.25, 0.3) is 5.91 Å². The molecule has 3 N–H and O–H groups in total. The van der Waals surface area contributed by atoms with E-state index < -0.39 is 27.0 Å². The molecule has 5 heterocycles. The lowest BCUT2D eigenvalue weighted by atomic mass is 9.85. The first-order valence-corrected chi connectivity index (χ1v) is 29.4. The number of carbonyl (C=O) groups excluding carboxylic acids is 3. The van der Waals surface area contributed by atoms with Gasteiger partial charge in [0.2, 0.25) is 17.8 Å². The fraction of sp³-hybridized carbons (Fsp3) is 0.475. The first-order valence-electron chi connectivity index (χ1n) is 27.4. The van der Waals surface area contributed by atoms with Crippen LogP contribution >= 0.6 is 11.6 Å². The van der Waals surface area contributed by atoms with Crippen molar-refractivity contribution < 1.29 is 32.3 Å². The van der Waals surface area contributed by atoms with Gasteiger partial charge >= 0.3 is 0 Å². The summed E-state index contributed by atoms with van der Waals surface area (Å²) in [4.78, 5) is 56.4. The topological polar surface area (TPSA) is 179 Å². The summed E-state index contributed by atoms with van der Waals surface area (Å²) >= 11 is 6.53. The van der Waals surface area contributed by atoms with E-state index in [2.05, 4.69) is 83.9 Å². The molecule has 1 aromatic heterocycles. The molecule has 4 fully saturated rings. The van der Waals surface area contributed by atoms with Crippen molar-refractivity contribution in [2.45, 2.75) is 126 Å². The average molecular weight is 1090 g/mol. The molecule has 16 nitrogen and oxygen atoms in total. The molecular weight excluding hydrogens is 1010 g/mol. The normalized spacial score (nSPS) is 21.2. The fourth-order valence-electron chi connectivity index (χ4n) is 12.1. The molecule has 10 rings (SSSR count). The number of nitrogens with one attached hydrogen (secondary N) is 3. The van der Waals surface area contributed by atoms with Gasteiger partial charge in [0.05, 0.1) is 41.4 Å². The standard InChI is InChI=1S/C59H72ClN9O7S/c1-38(2)77(73,74)54-14-6-5-12-49(54)62-56-48(60)33-61-59(65-56)63-50-31-39(3)46(32-53(50)75-4)43-23-25-68(26-24-43)44-10-7-9-40(19-20-44)34-66-27-29-67(30-28-66)35-41-15-17-42(18-16-41)37-76-52-13-8-11-45-47(52)36-69(58(45)72)51-21-22-55(70)64-57(51)71/h5-6,8,11-18,31-33,38,40,43-44,51H,7,9-10,19-30,34-37H2,1-4H3,(H,64,70,71)(H2,61,62,63,65)/t40?,44?,51-/m1/s1. The number of aryl methyl sites for hydroxylation is 1. The Morgan fingerprint density at radius 1 is 0.805 bits per heavy atom. The van der Waals surface area contributed by atoms with Gasteiger partial charge in [0.15, 0.2) is 15.7 Å². The van der Waals surface area contributed by atoms with Crippen LogP contribution in [0.2, 0.25) is 5.02 Å². The van der Waals surface area contributed by atoms with Crippen molar-refractivity contribution in [1.29, 1.82) is 0 Å². The number of rotatable bonds is 17. The molecule has 5 aromatic rings. The molecule has 2 unspecified atom stereocenters. The second-order valence-electron chi connectivity index (χ2n) is 21.8. The lowest BCUT2D eigenvalue weighted by Gasteiger charge is -2.38. The third-order valence-electron chi connectivity index (χ3n) is 16.5. The van der Waals surface area contributed by atoms with Crippen LogP contribution in [0.3, 0.4) is 0 Å². The van der Waals surface area contributed by atoms with Gasteiger partial charge in [-0.25, -0.2) is 13.4 Å². The Balaban J connectivity index is 0.653. The zero-order valence-corrected chi connectivity index (χ0v) is 46.3.